The summed E-state index contributed by atoms with van der Waals surface area (Å²) in [6.45, 7) is 6.63. The molecule has 1 atom stereocenters. The van der Waals surface area contributed by atoms with Gasteiger partial charge in [-0.3, -0.25) is 4.99 Å². The monoisotopic (exact) mass is 274 g/mol. The van der Waals surface area contributed by atoms with Gasteiger partial charge in [0.1, 0.15) is 0 Å². The van der Waals surface area contributed by atoms with Crippen LogP contribution < -0.4 is 11.1 Å². The molecule has 0 spiro atoms. The maximum atomic E-state index is 5.91. The van der Waals surface area contributed by atoms with E-state index in [1.807, 2.05) is 30.3 Å². The lowest BCUT2D eigenvalue weighted by atomic mass is 10.1. The minimum absolute atomic E-state index is 0.502. The molecule has 2 rings (SSSR count). The molecule has 20 heavy (non-hydrogen) atoms. The van der Waals surface area contributed by atoms with Gasteiger partial charge in [-0.15, -0.1) is 0 Å². The van der Waals surface area contributed by atoms with Crippen LogP contribution in [0, 0.1) is 5.92 Å². The number of hydrogen-bond donors (Lipinski definition) is 2. The topological polar surface area (TPSA) is 53.6 Å². The van der Waals surface area contributed by atoms with Crippen LogP contribution in [-0.4, -0.2) is 37.0 Å². The first-order valence-corrected chi connectivity index (χ1v) is 7.58. The average Bonchev–Trinajstić information content (AvgIpc) is 2.47. The molecule has 4 nitrogen and oxygen atoms in total. The van der Waals surface area contributed by atoms with Crippen LogP contribution >= 0.6 is 0 Å². The molecule has 3 N–H and O–H groups in total. The van der Waals surface area contributed by atoms with E-state index in [0.29, 0.717) is 11.9 Å². The molecule has 1 aliphatic heterocycles. The molecule has 1 aliphatic rings. The minimum Gasteiger partial charge on any atom is -0.370 e. The van der Waals surface area contributed by atoms with E-state index in [2.05, 4.69) is 22.1 Å². The van der Waals surface area contributed by atoms with E-state index in [0.717, 1.165) is 18.8 Å². The molecule has 110 valence electrons. The van der Waals surface area contributed by atoms with Crippen LogP contribution in [0.2, 0.25) is 0 Å². The van der Waals surface area contributed by atoms with Crippen molar-refractivity contribution in [3.63, 3.8) is 0 Å². The highest BCUT2D eigenvalue weighted by Gasteiger charge is 2.13. The Kier molecular flexibility index (Phi) is 5.87. The zero-order chi connectivity index (χ0) is 14.2. The van der Waals surface area contributed by atoms with Crippen molar-refractivity contribution >= 4 is 11.6 Å². The van der Waals surface area contributed by atoms with Crippen LogP contribution in [0.4, 0.5) is 5.69 Å². The normalized spacial score (nSPS) is 18.8. The maximum absolute atomic E-state index is 5.91. The SMILES string of the molecule is C[C@@H](CN=C(N)Nc1ccccc1)CN1CCCCC1. The van der Waals surface area contributed by atoms with Gasteiger partial charge in [0.25, 0.3) is 0 Å². The summed E-state index contributed by atoms with van der Waals surface area (Å²) in [5.41, 5.74) is 6.90. The Balaban J connectivity index is 1.73. The van der Waals surface area contributed by atoms with E-state index >= 15 is 0 Å². The van der Waals surface area contributed by atoms with Crippen molar-refractivity contribution in [2.75, 3.05) is 31.5 Å². The van der Waals surface area contributed by atoms with Crippen LogP contribution in [-0.2, 0) is 0 Å². The molecule has 0 unspecified atom stereocenters. The number of hydrogen-bond acceptors (Lipinski definition) is 2. The molecule has 0 aliphatic carbocycles. The molecular formula is C16H26N4. The Labute approximate surface area is 122 Å². The third-order valence-corrected chi connectivity index (χ3v) is 3.64. The van der Waals surface area contributed by atoms with Gasteiger partial charge in [0.2, 0.25) is 0 Å². The van der Waals surface area contributed by atoms with Crippen molar-refractivity contribution in [3.8, 4) is 0 Å². The summed E-state index contributed by atoms with van der Waals surface area (Å²) in [6.07, 6.45) is 4.07. The Morgan fingerprint density at radius 3 is 2.65 bits per heavy atom. The number of para-hydroxylation sites is 1. The minimum atomic E-state index is 0.502. The highest BCUT2D eigenvalue weighted by atomic mass is 15.1. The van der Waals surface area contributed by atoms with Gasteiger partial charge in [-0.1, -0.05) is 31.5 Å². The number of likely N-dealkylation sites (tertiary alicyclic amines) is 1. The molecule has 1 fully saturated rings. The molecule has 0 bridgehead atoms. The lowest BCUT2D eigenvalue weighted by Crippen LogP contribution is -2.34. The van der Waals surface area contributed by atoms with Gasteiger partial charge in [-0.25, -0.2) is 0 Å². The summed E-state index contributed by atoms with van der Waals surface area (Å²) >= 11 is 0. The number of nitrogens with one attached hydrogen (secondary N) is 1. The second-order valence-corrected chi connectivity index (χ2v) is 5.68. The van der Waals surface area contributed by atoms with Crippen molar-refractivity contribution in [2.45, 2.75) is 26.2 Å². The number of nitrogens with two attached hydrogens (primary N) is 1. The number of piperidine rings is 1. The average molecular weight is 274 g/mol. The molecule has 0 radical (unpaired) electrons. The summed E-state index contributed by atoms with van der Waals surface area (Å²) < 4.78 is 0. The molecule has 4 heteroatoms. The molecule has 1 aromatic rings. The number of aliphatic imine (C=N–C) groups is 1. The van der Waals surface area contributed by atoms with Crippen LogP contribution in [0.3, 0.4) is 0 Å². The largest absolute Gasteiger partial charge is 0.370 e. The second kappa shape index (κ2) is 7.90. The zero-order valence-electron chi connectivity index (χ0n) is 12.4. The Morgan fingerprint density at radius 2 is 1.95 bits per heavy atom. The Hall–Kier alpha value is -1.55. The first kappa shape index (κ1) is 14.9. The van der Waals surface area contributed by atoms with Gasteiger partial charge in [0.05, 0.1) is 0 Å². The predicted molar refractivity (Wildman–Crippen MR) is 86.0 cm³/mol. The third-order valence-electron chi connectivity index (χ3n) is 3.64. The number of anilines is 1. The first-order valence-electron chi connectivity index (χ1n) is 7.58. The van der Waals surface area contributed by atoms with E-state index in [9.17, 15) is 0 Å². The number of rotatable bonds is 5. The fourth-order valence-electron chi connectivity index (χ4n) is 2.60. The molecule has 1 aromatic carbocycles. The van der Waals surface area contributed by atoms with E-state index in [1.54, 1.807) is 0 Å². The lowest BCUT2D eigenvalue weighted by Gasteiger charge is -2.28. The Morgan fingerprint density at radius 1 is 1.25 bits per heavy atom. The second-order valence-electron chi connectivity index (χ2n) is 5.68. The van der Waals surface area contributed by atoms with Gasteiger partial charge in [0, 0.05) is 18.8 Å². The van der Waals surface area contributed by atoms with Crippen molar-refractivity contribution in [3.05, 3.63) is 30.3 Å². The van der Waals surface area contributed by atoms with Crippen molar-refractivity contribution in [2.24, 2.45) is 16.6 Å². The molecule has 1 heterocycles. The van der Waals surface area contributed by atoms with Gasteiger partial charge < -0.3 is 16.0 Å². The summed E-state index contributed by atoms with van der Waals surface area (Å²) in [7, 11) is 0. The molecule has 0 saturated carbocycles. The van der Waals surface area contributed by atoms with Gasteiger partial charge in [0.15, 0.2) is 5.96 Å². The van der Waals surface area contributed by atoms with Gasteiger partial charge in [-0.05, 0) is 44.0 Å². The van der Waals surface area contributed by atoms with Gasteiger partial charge in [-0.2, -0.15) is 0 Å². The van der Waals surface area contributed by atoms with E-state index in [4.69, 9.17) is 5.73 Å². The molecule has 1 saturated heterocycles. The highest BCUT2D eigenvalue weighted by molar-refractivity contribution is 5.92. The molecule has 0 amide bonds. The molecular weight excluding hydrogens is 248 g/mol. The van der Waals surface area contributed by atoms with Crippen LogP contribution in [0.5, 0.6) is 0 Å². The van der Waals surface area contributed by atoms with Crippen LogP contribution in [0.1, 0.15) is 26.2 Å². The lowest BCUT2D eigenvalue weighted by molar-refractivity contribution is 0.203. The Bertz CT molecular complexity index is 410. The van der Waals surface area contributed by atoms with E-state index in [1.165, 1.54) is 32.4 Å². The third kappa shape index (κ3) is 5.21. The fourth-order valence-corrected chi connectivity index (χ4v) is 2.60. The van der Waals surface area contributed by atoms with E-state index < -0.39 is 0 Å². The van der Waals surface area contributed by atoms with E-state index in [-0.39, 0.29) is 0 Å². The quantitative estimate of drug-likeness (QED) is 0.641. The van der Waals surface area contributed by atoms with Crippen molar-refractivity contribution in [1.82, 2.24) is 4.90 Å². The molecule has 0 aromatic heterocycles. The van der Waals surface area contributed by atoms with Crippen LogP contribution in [0.15, 0.2) is 35.3 Å². The van der Waals surface area contributed by atoms with Crippen LogP contribution in [0.25, 0.3) is 0 Å². The van der Waals surface area contributed by atoms with Gasteiger partial charge >= 0.3 is 0 Å². The fraction of sp³-hybridized carbons (Fsp3) is 0.562. The summed E-state index contributed by atoms with van der Waals surface area (Å²) in [4.78, 5) is 6.99. The standard InChI is InChI=1S/C16H26N4/c1-14(13-20-10-6-3-7-11-20)12-18-16(17)19-15-8-4-2-5-9-15/h2,4-5,8-9,14H,3,6-7,10-13H2,1H3,(H3,17,18,19)/t14-/m0/s1. The summed E-state index contributed by atoms with van der Waals surface area (Å²) in [5.74, 6) is 1.05. The predicted octanol–water partition coefficient (Wildman–Crippen LogP) is 2.54. The van der Waals surface area contributed by atoms with Crippen molar-refractivity contribution < 1.29 is 0 Å². The highest BCUT2D eigenvalue weighted by Crippen LogP contribution is 2.11. The number of guanidine groups is 1. The summed E-state index contributed by atoms with van der Waals surface area (Å²) in [5, 5.41) is 3.12. The summed E-state index contributed by atoms with van der Waals surface area (Å²) in [6, 6.07) is 9.92. The smallest absolute Gasteiger partial charge is 0.193 e. The number of benzene rings is 1. The number of nitrogens with zero attached hydrogens (tertiary/aromatic N) is 2. The first-order chi connectivity index (χ1) is 9.74. The maximum Gasteiger partial charge on any atom is 0.193 e. The van der Waals surface area contributed by atoms with Crippen molar-refractivity contribution in [1.29, 1.82) is 0 Å². The zero-order valence-corrected chi connectivity index (χ0v) is 12.4.